The summed E-state index contributed by atoms with van der Waals surface area (Å²) >= 11 is 0. The standard InChI is InChI=1S/C19H19N3O/c1-2-15(14-7-4-3-5-8-14)22-16-9-6-10-18(23)19(16)17-13-20-11-12-21-17/h3-13,15,22-23H,2H2,1H3. The van der Waals surface area contributed by atoms with Crippen LogP contribution in [-0.2, 0) is 0 Å². The van der Waals surface area contributed by atoms with Crippen LogP contribution in [0.5, 0.6) is 5.75 Å². The lowest BCUT2D eigenvalue weighted by atomic mass is 10.0. The molecular weight excluding hydrogens is 286 g/mol. The Kier molecular flexibility index (Phi) is 4.52. The minimum absolute atomic E-state index is 0.161. The molecule has 116 valence electrons. The molecule has 0 radical (unpaired) electrons. The quantitative estimate of drug-likeness (QED) is 0.733. The van der Waals surface area contributed by atoms with Gasteiger partial charge in [-0.05, 0) is 24.1 Å². The highest BCUT2D eigenvalue weighted by molar-refractivity contribution is 5.80. The molecule has 3 aromatic rings. The number of hydrogen-bond acceptors (Lipinski definition) is 4. The molecule has 1 atom stereocenters. The SMILES string of the molecule is CCC(Nc1cccc(O)c1-c1cnccn1)c1ccccc1. The van der Waals surface area contributed by atoms with Crippen LogP contribution in [-0.4, -0.2) is 15.1 Å². The molecule has 4 heteroatoms. The molecule has 0 aliphatic carbocycles. The van der Waals surface area contributed by atoms with Crippen molar-refractivity contribution in [3.63, 3.8) is 0 Å². The summed E-state index contributed by atoms with van der Waals surface area (Å²) in [4.78, 5) is 8.41. The van der Waals surface area contributed by atoms with Crippen LogP contribution >= 0.6 is 0 Å². The number of rotatable bonds is 5. The minimum atomic E-state index is 0.161. The zero-order valence-electron chi connectivity index (χ0n) is 13.0. The van der Waals surface area contributed by atoms with Crippen LogP contribution in [0.4, 0.5) is 5.69 Å². The van der Waals surface area contributed by atoms with E-state index < -0.39 is 0 Å². The smallest absolute Gasteiger partial charge is 0.127 e. The van der Waals surface area contributed by atoms with Crippen molar-refractivity contribution in [1.29, 1.82) is 0 Å². The van der Waals surface area contributed by atoms with Gasteiger partial charge in [0.15, 0.2) is 0 Å². The topological polar surface area (TPSA) is 58.0 Å². The van der Waals surface area contributed by atoms with Crippen molar-refractivity contribution in [3.05, 3.63) is 72.7 Å². The number of anilines is 1. The predicted octanol–water partition coefficient (Wildman–Crippen LogP) is 4.41. The third-order valence-electron chi connectivity index (χ3n) is 3.80. The average Bonchev–Trinajstić information content (AvgIpc) is 2.61. The summed E-state index contributed by atoms with van der Waals surface area (Å²) in [5.41, 5.74) is 3.38. The Labute approximate surface area is 135 Å². The van der Waals surface area contributed by atoms with Gasteiger partial charge < -0.3 is 10.4 Å². The summed E-state index contributed by atoms with van der Waals surface area (Å²) in [7, 11) is 0. The maximum atomic E-state index is 10.3. The molecule has 1 heterocycles. The third kappa shape index (κ3) is 3.31. The van der Waals surface area contributed by atoms with E-state index in [2.05, 4.69) is 34.3 Å². The van der Waals surface area contributed by atoms with E-state index in [1.807, 2.05) is 30.3 Å². The van der Waals surface area contributed by atoms with E-state index in [1.54, 1.807) is 24.7 Å². The van der Waals surface area contributed by atoms with Gasteiger partial charge >= 0.3 is 0 Å². The molecule has 1 unspecified atom stereocenters. The van der Waals surface area contributed by atoms with Crippen LogP contribution in [0.1, 0.15) is 24.9 Å². The van der Waals surface area contributed by atoms with Crippen molar-refractivity contribution in [2.45, 2.75) is 19.4 Å². The van der Waals surface area contributed by atoms with E-state index >= 15 is 0 Å². The fourth-order valence-electron chi connectivity index (χ4n) is 2.65. The Balaban J connectivity index is 1.99. The van der Waals surface area contributed by atoms with Crippen molar-refractivity contribution < 1.29 is 5.11 Å². The molecule has 0 saturated heterocycles. The van der Waals surface area contributed by atoms with Gasteiger partial charge in [0.25, 0.3) is 0 Å². The number of aromatic hydroxyl groups is 1. The first-order valence-corrected chi connectivity index (χ1v) is 7.69. The number of hydrogen-bond donors (Lipinski definition) is 2. The van der Waals surface area contributed by atoms with Gasteiger partial charge in [-0.1, -0.05) is 43.3 Å². The maximum absolute atomic E-state index is 10.3. The molecule has 0 spiro atoms. The van der Waals surface area contributed by atoms with E-state index in [1.165, 1.54) is 5.56 Å². The highest BCUT2D eigenvalue weighted by atomic mass is 16.3. The second-order valence-corrected chi connectivity index (χ2v) is 5.31. The van der Waals surface area contributed by atoms with E-state index in [4.69, 9.17) is 0 Å². The van der Waals surface area contributed by atoms with Crippen molar-refractivity contribution in [2.75, 3.05) is 5.32 Å². The summed E-state index contributed by atoms with van der Waals surface area (Å²) in [6, 6.07) is 15.9. The molecule has 2 N–H and O–H groups in total. The molecule has 2 aromatic carbocycles. The second-order valence-electron chi connectivity index (χ2n) is 5.31. The zero-order chi connectivity index (χ0) is 16.1. The highest BCUT2D eigenvalue weighted by Crippen LogP contribution is 2.36. The predicted molar refractivity (Wildman–Crippen MR) is 92.2 cm³/mol. The summed E-state index contributed by atoms with van der Waals surface area (Å²) in [5, 5.41) is 13.8. The summed E-state index contributed by atoms with van der Waals surface area (Å²) in [5.74, 6) is 0.193. The Morgan fingerprint density at radius 1 is 1.04 bits per heavy atom. The largest absolute Gasteiger partial charge is 0.507 e. The number of benzene rings is 2. The number of aromatic nitrogens is 2. The summed E-state index contributed by atoms with van der Waals surface area (Å²) in [6.45, 7) is 2.13. The molecular formula is C19H19N3O. The lowest BCUT2D eigenvalue weighted by molar-refractivity contribution is 0.477. The van der Waals surface area contributed by atoms with Crippen LogP contribution in [0.3, 0.4) is 0 Å². The Hall–Kier alpha value is -2.88. The van der Waals surface area contributed by atoms with Crippen molar-refractivity contribution >= 4 is 5.69 Å². The van der Waals surface area contributed by atoms with Crippen LogP contribution < -0.4 is 5.32 Å². The summed E-state index contributed by atoms with van der Waals surface area (Å²) < 4.78 is 0. The second kappa shape index (κ2) is 6.92. The Bertz CT molecular complexity index is 760. The first kappa shape index (κ1) is 15.0. The molecule has 0 amide bonds. The molecule has 0 saturated carbocycles. The van der Waals surface area contributed by atoms with Gasteiger partial charge in [-0.25, -0.2) is 0 Å². The lowest BCUT2D eigenvalue weighted by Gasteiger charge is -2.21. The molecule has 0 bridgehead atoms. The Morgan fingerprint density at radius 3 is 2.57 bits per heavy atom. The first-order valence-electron chi connectivity index (χ1n) is 7.69. The molecule has 3 rings (SSSR count). The number of phenols is 1. The van der Waals surface area contributed by atoms with Crippen molar-refractivity contribution in [1.82, 2.24) is 9.97 Å². The van der Waals surface area contributed by atoms with Gasteiger partial charge in [-0.2, -0.15) is 0 Å². The van der Waals surface area contributed by atoms with Crippen LogP contribution in [0, 0.1) is 0 Å². The van der Waals surface area contributed by atoms with E-state index in [-0.39, 0.29) is 11.8 Å². The van der Waals surface area contributed by atoms with Crippen molar-refractivity contribution in [3.8, 4) is 17.0 Å². The molecule has 4 nitrogen and oxygen atoms in total. The molecule has 1 aromatic heterocycles. The van der Waals surface area contributed by atoms with Gasteiger partial charge in [0.2, 0.25) is 0 Å². The van der Waals surface area contributed by atoms with Crippen LogP contribution in [0.2, 0.25) is 0 Å². The van der Waals surface area contributed by atoms with E-state index in [9.17, 15) is 5.11 Å². The molecule has 0 aliphatic rings. The molecule has 0 fully saturated rings. The van der Waals surface area contributed by atoms with E-state index in [0.29, 0.717) is 11.3 Å². The minimum Gasteiger partial charge on any atom is -0.507 e. The molecule has 0 aliphatic heterocycles. The Morgan fingerprint density at radius 2 is 1.87 bits per heavy atom. The normalized spacial score (nSPS) is 11.9. The number of phenolic OH excluding ortho intramolecular Hbond substituents is 1. The van der Waals surface area contributed by atoms with Gasteiger partial charge in [-0.3, -0.25) is 9.97 Å². The van der Waals surface area contributed by atoms with Gasteiger partial charge in [0, 0.05) is 18.1 Å². The molecule has 23 heavy (non-hydrogen) atoms. The number of nitrogens with one attached hydrogen (secondary N) is 1. The van der Waals surface area contributed by atoms with Crippen LogP contribution in [0.25, 0.3) is 11.3 Å². The highest BCUT2D eigenvalue weighted by Gasteiger charge is 2.15. The first-order chi connectivity index (χ1) is 11.3. The van der Waals surface area contributed by atoms with E-state index in [0.717, 1.165) is 12.1 Å². The van der Waals surface area contributed by atoms with Crippen molar-refractivity contribution in [2.24, 2.45) is 0 Å². The monoisotopic (exact) mass is 305 g/mol. The van der Waals surface area contributed by atoms with Crippen LogP contribution in [0.15, 0.2) is 67.1 Å². The maximum Gasteiger partial charge on any atom is 0.127 e. The number of nitrogens with zero attached hydrogens (tertiary/aromatic N) is 2. The van der Waals surface area contributed by atoms with Gasteiger partial charge in [-0.15, -0.1) is 0 Å². The fourth-order valence-corrected chi connectivity index (χ4v) is 2.65. The summed E-state index contributed by atoms with van der Waals surface area (Å²) in [6.07, 6.45) is 5.83. The fraction of sp³-hybridized carbons (Fsp3) is 0.158. The average molecular weight is 305 g/mol. The van der Waals surface area contributed by atoms with Gasteiger partial charge in [0.05, 0.1) is 23.5 Å². The lowest BCUT2D eigenvalue weighted by Crippen LogP contribution is -2.10. The zero-order valence-corrected chi connectivity index (χ0v) is 13.0. The third-order valence-corrected chi connectivity index (χ3v) is 3.80. The van der Waals surface area contributed by atoms with Gasteiger partial charge in [0.1, 0.15) is 5.75 Å².